The lowest BCUT2D eigenvalue weighted by atomic mass is 9.87. The number of thioether (sulfide) groups is 2. The van der Waals surface area contributed by atoms with Gasteiger partial charge in [-0.1, -0.05) is 20.8 Å². The van der Waals surface area contributed by atoms with Gasteiger partial charge in [-0.2, -0.15) is 15.5 Å². The molecule has 0 amide bonds. The molecule has 0 bridgehead atoms. The van der Waals surface area contributed by atoms with Gasteiger partial charge >= 0.3 is 0 Å². The third-order valence-corrected chi connectivity index (χ3v) is 5.02. The number of thiocyanates is 2. The zero-order chi connectivity index (χ0) is 17.2. The van der Waals surface area contributed by atoms with Crippen molar-refractivity contribution < 1.29 is 0 Å². The number of isothiocyanates is 1. The van der Waals surface area contributed by atoms with Gasteiger partial charge in [-0.05, 0) is 82.8 Å². The Labute approximate surface area is 152 Å². The van der Waals surface area contributed by atoms with E-state index in [1.165, 1.54) is 40.2 Å². The van der Waals surface area contributed by atoms with E-state index in [2.05, 4.69) is 41.7 Å². The summed E-state index contributed by atoms with van der Waals surface area (Å²) >= 11 is 7.32. The van der Waals surface area contributed by atoms with Crippen LogP contribution in [0.25, 0.3) is 0 Å². The van der Waals surface area contributed by atoms with E-state index in [-0.39, 0.29) is 0 Å². The van der Waals surface area contributed by atoms with Crippen LogP contribution in [0.4, 0.5) is 5.69 Å². The summed E-state index contributed by atoms with van der Waals surface area (Å²) in [4.78, 5) is 4.34. The molecular formula is C17H19N3S3. The van der Waals surface area contributed by atoms with Gasteiger partial charge in [-0.15, -0.1) is 0 Å². The van der Waals surface area contributed by atoms with E-state index >= 15 is 0 Å². The average molecular weight is 362 g/mol. The number of rotatable bonds is 8. The highest BCUT2D eigenvalue weighted by atomic mass is 32.2. The molecular weight excluding hydrogens is 342 g/mol. The first-order valence-corrected chi connectivity index (χ1v) is 9.85. The summed E-state index contributed by atoms with van der Waals surface area (Å²) in [7, 11) is 0. The molecule has 0 aliphatic rings. The largest absolute Gasteiger partial charge is 0.194 e. The Kier molecular flexibility index (Phi) is 8.99. The molecule has 120 valence electrons. The molecule has 0 aliphatic heterocycles. The molecule has 0 atom stereocenters. The minimum atomic E-state index is 0.636. The van der Waals surface area contributed by atoms with Crippen molar-refractivity contribution in [3.05, 3.63) is 27.8 Å². The number of thiocarbonyl (C=S) groups is 1. The van der Waals surface area contributed by atoms with Gasteiger partial charge in [0.25, 0.3) is 0 Å². The summed E-state index contributed by atoms with van der Waals surface area (Å²) in [6.45, 7) is 6.32. The molecule has 1 aromatic carbocycles. The van der Waals surface area contributed by atoms with E-state index in [0.29, 0.717) is 11.5 Å². The smallest absolute Gasteiger partial charge is 0.133 e. The van der Waals surface area contributed by atoms with Crippen molar-refractivity contribution in [2.45, 2.75) is 51.5 Å². The van der Waals surface area contributed by atoms with Crippen LogP contribution in [-0.2, 0) is 30.8 Å². The minimum absolute atomic E-state index is 0.636. The summed E-state index contributed by atoms with van der Waals surface area (Å²) in [5.74, 6) is 1.27. The third-order valence-electron chi connectivity index (χ3n) is 3.81. The van der Waals surface area contributed by atoms with Crippen molar-refractivity contribution in [1.29, 1.82) is 10.5 Å². The predicted molar refractivity (Wildman–Crippen MR) is 103 cm³/mol. The molecule has 0 saturated carbocycles. The second-order valence-corrected chi connectivity index (χ2v) is 6.47. The second-order valence-electron chi connectivity index (χ2n) is 4.77. The molecule has 0 saturated heterocycles. The molecule has 1 rings (SSSR count). The normalized spacial score (nSPS) is 9.78. The third kappa shape index (κ3) is 4.59. The van der Waals surface area contributed by atoms with Crippen molar-refractivity contribution >= 4 is 46.6 Å². The summed E-state index contributed by atoms with van der Waals surface area (Å²) in [6, 6.07) is 0. The number of aliphatic imine (C=N–C) groups is 1. The van der Waals surface area contributed by atoms with Crippen LogP contribution in [0.2, 0.25) is 0 Å². The van der Waals surface area contributed by atoms with E-state index in [4.69, 9.17) is 22.7 Å². The molecule has 0 spiro atoms. The number of benzene rings is 1. The number of nitrogens with zero attached hydrogens (tertiary/aromatic N) is 3. The van der Waals surface area contributed by atoms with E-state index in [1.807, 2.05) is 0 Å². The van der Waals surface area contributed by atoms with Gasteiger partial charge in [-0.3, -0.25) is 0 Å². The lowest BCUT2D eigenvalue weighted by molar-refractivity contribution is 0.974. The molecule has 0 unspecified atom stereocenters. The molecule has 0 aliphatic carbocycles. The number of hydrogen-bond donors (Lipinski definition) is 0. The molecule has 0 radical (unpaired) electrons. The Balaban J connectivity index is 3.78. The van der Waals surface area contributed by atoms with Gasteiger partial charge in [0, 0.05) is 11.5 Å². The lowest BCUT2D eigenvalue weighted by Gasteiger charge is -2.22. The SMILES string of the molecule is CCc1c(CSC#N)c(CC)c(N=C=S)c(CC)c1CSC#N. The first-order valence-electron chi connectivity index (χ1n) is 7.47. The van der Waals surface area contributed by atoms with Gasteiger partial charge in [-0.25, -0.2) is 0 Å². The van der Waals surface area contributed by atoms with Crippen molar-refractivity contribution in [2.75, 3.05) is 0 Å². The summed E-state index contributed by atoms with van der Waals surface area (Å²) < 4.78 is 0. The highest BCUT2D eigenvalue weighted by molar-refractivity contribution is 8.03. The van der Waals surface area contributed by atoms with Gasteiger partial charge < -0.3 is 0 Å². The molecule has 6 heteroatoms. The van der Waals surface area contributed by atoms with Gasteiger partial charge in [0.2, 0.25) is 0 Å². The first kappa shape index (κ1) is 19.7. The zero-order valence-corrected chi connectivity index (χ0v) is 16.1. The fourth-order valence-electron chi connectivity index (χ4n) is 2.94. The van der Waals surface area contributed by atoms with Crippen LogP contribution in [-0.4, -0.2) is 5.16 Å². The summed E-state index contributed by atoms with van der Waals surface area (Å²) in [6.07, 6.45) is 2.55. The lowest BCUT2D eigenvalue weighted by Crippen LogP contribution is -2.07. The molecule has 0 fully saturated rings. The van der Waals surface area contributed by atoms with Crippen molar-refractivity contribution in [3.63, 3.8) is 0 Å². The monoisotopic (exact) mass is 361 g/mol. The Morgan fingerprint density at radius 3 is 1.57 bits per heavy atom. The van der Waals surface area contributed by atoms with E-state index < -0.39 is 0 Å². The maximum absolute atomic E-state index is 8.95. The molecule has 0 heterocycles. The molecule has 23 heavy (non-hydrogen) atoms. The minimum Gasteiger partial charge on any atom is -0.194 e. The Bertz CT molecular complexity index is 646. The number of hydrogen-bond acceptors (Lipinski definition) is 6. The highest BCUT2D eigenvalue weighted by Crippen LogP contribution is 2.38. The Hall–Kier alpha value is -1.30. The van der Waals surface area contributed by atoms with Crippen LogP contribution in [0.1, 0.15) is 48.6 Å². The van der Waals surface area contributed by atoms with Gasteiger partial charge in [0.1, 0.15) is 10.8 Å². The van der Waals surface area contributed by atoms with Crippen LogP contribution in [0.5, 0.6) is 0 Å². The van der Waals surface area contributed by atoms with Crippen LogP contribution >= 0.6 is 35.7 Å². The molecule has 0 N–H and O–H groups in total. The van der Waals surface area contributed by atoms with Gasteiger partial charge in [0.05, 0.1) is 10.8 Å². The molecule has 3 nitrogen and oxygen atoms in total. The maximum atomic E-state index is 8.95. The molecule has 1 aromatic rings. The fraction of sp³-hybridized carbons (Fsp3) is 0.471. The highest BCUT2D eigenvalue weighted by Gasteiger charge is 2.21. The van der Waals surface area contributed by atoms with E-state index in [0.717, 1.165) is 36.1 Å². The quantitative estimate of drug-likeness (QED) is 0.346. The number of nitriles is 2. The first-order chi connectivity index (χ1) is 11.2. The standard InChI is InChI=1S/C17H19N3S3/c1-4-12-15(7-22-9-18)13(5-2)17(20-11-21)14(6-3)16(12)8-23-10-19/h4-8H2,1-3H3. The predicted octanol–water partition coefficient (Wildman–Crippen LogP) is 5.54. The van der Waals surface area contributed by atoms with Crippen molar-refractivity contribution in [1.82, 2.24) is 0 Å². The van der Waals surface area contributed by atoms with Crippen LogP contribution in [0.15, 0.2) is 4.99 Å². The average Bonchev–Trinajstić information content (AvgIpc) is 2.57. The van der Waals surface area contributed by atoms with E-state index in [1.54, 1.807) is 0 Å². The van der Waals surface area contributed by atoms with Crippen LogP contribution in [0.3, 0.4) is 0 Å². The van der Waals surface area contributed by atoms with Gasteiger partial charge in [0.15, 0.2) is 0 Å². The second kappa shape index (κ2) is 10.5. The topological polar surface area (TPSA) is 59.9 Å². The summed E-state index contributed by atoms with van der Waals surface area (Å²) in [5.41, 5.74) is 6.82. The van der Waals surface area contributed by atoms with E-state index in [9.17, 15) is 0 Å². The zero-order valence-electron chi connectivity index (χ0n) is 13.6. The fourth-order valence-corrected chi connectivity index (χ4v) is 4.15. The summed E-state index contributed by atoms with van der Waals surface area (Å²) in [5, 5.41) is 24.7. The Morgan fingerprint density at radius 2 is 1.26 bits per heavy atom. The van der Waals surface area contributed by atoms with Crippen LogP contribution in [0, 0.1) is 21.3 Å². The van der Waals surface area contributed by atoms with Crippen LogP contribution < -0.4 is 0 Å². The Morgan fingerprint density at radius 1 is 0.826 bits per heavy atom. The maximum Gasteiger partial charge on any atom is 0.133 e. The molecule has 0 aromatic heterocycles. The van der Waals surface area contributed by atoms with Crippen molar-refractivity contribution in [3.8, 4) is 10.8 Å². The van der Waals surface area contributed by atoms with Crippen molar-refractivity contribution in [2.24, 2.45) is 4.99 Å².